The Balaban J connectivity index is 0.911. The minimum Gasteiger partial charge on any atom is -0.508 e. The first-order valence-corrected chi connectivity index (χ1v) is 52.1. The van der Waals surface area contributed by atoms with Gasteiger partial charge in [-0.1, -0.05) is 100 Å². The van der Waals surface area contributed by atoms with E-state index in [9.17, 15) is 108 Å². The molecular weight excluding hydrogens is 1990 g/mol. The lowest BCUT2D eigenvalue weighted by Gasteiger charge is -2.34. The van der Waals surface area contributed by atoms with Gasteiger partial charge in [0.2, 0.25) is 82.7 Å². The Labute approximate surface area is 873 Å². The Bertz CT molecular complexity index is 5710. The summed E-state index contributed by atoms with van der Waals surface area (Å²) in [6.07, 6.45) is -1.77. The highest BCUT2D eigenvalue weighted by atomic mass is 32.2. The molecule has 3 saturated heterocycles. The van der Waals surface area contributed by atoms with Gasteiger partial charge in [-0.25, -0.2) is 0 Å². The molecule has 816 valence electrons. The molecule has 6 aromatic rings. The highest BCUT2D eigenvalue weighted by Crippen LogP contribution is 2.27. The Morgan fingerprint density at radius 1 is 0.467 bits per heavy atom. The fourth-order valence-corrected chi connectivity index (χ4v) is 20.2. The third-order valence-corrected chi connectivity index (χ3v) is 28.4. The van der Waals surface area contributed by atoms with Crippen LogP contribution in [0, 0.1) is 11.8 Å². The highest BCUT2D eigenvalue weighted by molar-refractivity contribution is 7.98. The second kappa shape index (κ2) is 57.8. The number of aliphatic hydroxyl groups excluding tert-OH is 2. The molecule has 0 radical (unpaired) electrons. The largest absolute Gasteiger partial charge is 0.508 e. The molecule has 50 heteroatoms. The number of likely N-dealkylation sites (tertiary alicyclic amines) is 1. The number of phenols is 1. The summed E-state index contributed by atoms with van der Waals surface area (Å²) in [5.74, 6) is -21.8. The molecule has 0 spiro atoms. The molecule has 14 amide bonds. The van der Waals surface area contributed by atoms with Crippen LogP contribution in [0.5, 0.6) is 5.75 Å². The van der Waals surface area contributed by atoms with Crippen LogP contribution in [-0.4, -0.2) is 400 Å². The van der Waals surface area contributed by atoms with Gasteiger partial charge in [-0.15, -0.1) is 0 Å². The molecular formula is C100H137N21O27S2. The monoisotopic (exact) mass is 2130 g/mol. The third-order valence-electron chi connectivity index (χ3n) is 26.2. The van der Waals surface area contributed by atoms with E-state index in [1.165, 1.54) is 30.5 Å². The molecule has 3 fully saturated rings. The van der Waals surface area contributed by atoms with Gasteiger partial charge in [0, 0.05) is 161 Å². The van der Waals surface area contributed by atoms with Gasteiger partial charge in [0.05, 0.1) is 51.9 Å². The molecule has 4 aromatic carbocycles. The first kappa shape index (κ1) is 118. The number of carboxylic acid groups (broad SMARTS) is 5. The van der Waals surface area contributed by atoms with Crippen molar-refractivity contribution >= 4 is 158 Å². The molecule has 24 N–H and O–H groups in total. The summed E-state index contributed by atoms with van der Waals surface area (Å²) in [5, 5.41) is 115. The van der Waals surface area contributed by atoms with Crippen molar-refractivity contribution in [3.05, 3.63) is 137 Å². The number of carbonyl (C=O) groups is 19. The fourth-order valence-electron chi connectivity index (χ4n) is 18.2. The van der Waals surface area contributed by atoms with Crippen LogP contribution < -0.4 is 69.5 Å². The van der Waals surface area contributed by atoms with Crippen molar-refractivity contribution in [2.75, 3.05) is 123 Å². The zero-order chi connectivity index (χ0) is 109. The topological polar surface area (TPSA) is 708 Å². The van der Waals surface area contributed by atoms with Crippen LogP contribution in [-0.2, 0) is 122 Å². The number of aromatic hydroxyl groups is 1. The molecule has 0 aliphatic carbocycles. The van der Waals surface area contributed by atoms with E-state index in [0.29, 0.717) is 75.6 Å². The number of aromatic nitrogens is 2. The Morgan fingerprint density at radius 3 is 1.46 bits per heavy atom. The molecule has 2 aromatic heterocycles. The SMILES string of the molecule is CC(C)C[C@@H]1NC(=O)[C@H](Cc2c[nH]c3ccccc23)NC(=O)[C@H](CC(=O)O)NC(=O)[C@H]2CCCN2C(=O)[C@H](CCC(=O)O)NC(=O)[C@@H](NC(=O)[C@H](Cc2ccc(O)cc2)NC(=O)[C@@H](NC(=O)CN2CCC(NC(=O)CN3CCN(CC(=O)O)CCN(CC(=O)O)CCN(CC(=O)O)CC3)CC2)C(C)C)CSCc2cccc(c2)CSC[C@@H](C(N)=O)NC(=O)[C@H](CO)NC(=O)[C@H](Cc2c[nH]c3ccccc23)NC(=O)[C@H]([C@@H](C)O)NC1=O. The van der Waals surface area contributed by atoms with Crippen LogP contribution >= 0.6 is 23.5 Å². The van der Waals surface area contributed by atoms with Crippen molar-refractivity contribution in [3.8, 4) is 5.75 Å². The number of hydrogen-bond donors (Lipinski definition) is 23. The summed E-state index contributed by atoms with van der Waals surface area (Å²) in [6, 6.07) is 5.59. The number of benzene rings is 4. The number of hydrogen-bond acceptors (Lipinski definition) is 29. The Morgan fingerprint density at radius 2 is 0.947 bits per heavy atom. The lowest BCUT2D eigenvalue weighted by Crippen LogP contribution is -2.62. The number of amides is 14. The molecule has 0 saturated carbocycles. The smallest absolute Gasteiger partial charge is 0.317 e. The standard InChI is InChI=1S/C100H137N21O27S2/c1-56(2)38-71-94(142)115-88(58(5)123)99(147)110-74(42-63-45-103-69-17-9-7-15-67(63)69)92(140)111-76(51-122)95(143)112-77(89(101)137)54-149-52-60-12-10-13-61(39-60)53-150-55-78(96(144)105-70(23-24-82(127)128)100(148)121-27-11-18-79(121)97(145)108-75(43-83(129)130)93(141)107-73(91(139)106-71)41-62-44-102-68-16-8-6-14-66(62)68)113-90(138)72(40-59-19-21-65(124)22-20-59)109-98(146)87(57(3)4)114-81(126)47-116-28-25-64(26-29-116)104-80(125)46-117-30-32-118(48-84(131)132)34-36-120(50-86(135)136)37-35-119(33-31-117)49-85(133)134/h6-10,12-17,19-22,39,44-45,56-58,64,70-79,87-88,102-103,122-124H,11,18,23-38,40-43,46-55H2,1-5H3,(H2,101,137)(H,104,125)(H,105,144)(H,106,139)(H,107,141)(H,108,145)(H,109,146)(H,110,147)(H,111,140)(H,112,143)(H,113,138)(H,114,126)(H,115,142)(H,127,128)(H,129,130)(H,131,132)(H,133,134)(H,135,136)/t58-,70+,71+,72+,73+,74+,75+,76+,77+,78+,79-,87+,88+/m1/s1. The van der Waals surface area contributed by atoms with E-state index in [-0.39, 0.29) is 171 Å². The number of aliphatic carboxylic acids is 5. The summed E-state index contributed by atoms with van der Waals surface area (Å²) < 4.78 is 0. The van der Waals surface area contributed by atoms with Crippen molar-refractivity contribution in [1.82, 2.24) is 103 Å². The molecule has 10 rings (SSSR count). The molecule has 4 aliphatic rings. The number of nitrogens with one attached hydrogen (secondary N) is 14. The van der Waals surface area contributed by atoms with Crippen LogP contribution in [0.2, 0.25) is 0 Å². The van der Waals surface area contributed by atoms with Crippen molar-refractivity contribution in [2.24, 2.45) is 17.6 Å². The number of carbonyl (C=O) groups excluding carboxylic acids is 14. The first-order chi connectivity index (χ1) is 71.4. The number of phenolic OH excluding ortho intramolecular Hbond substituents is 1. The van der Waals surface area contributed by atoms with E-state index >= 15 is 24.0 Å². The van der Waals surface area contributed by atoms with E-state index in [2.05, 4.69) is 73.8 Å². The number of aliphatic hydroxyl groups is 2. The minimum absolute atomic E-state index is 0.0663. The zero-order valence-electron chi connectivity index (χ0n) is 84.2. The second-order valence-electron chi connectivity index (χ2n) is 38.8. The lowest BCUT2D eigenvalue weighted by atomic mass is 9.99. The zero-order valence-corrected chi connectivity index (χ0v) is 85.8. The van der Waals surface area contributed by atoms with Gasteiger partial charge in [-0.05, 0) is 109 Å². The maximum Gasteiger partial charge on any atom is 0.317 e. The number of aromatic amines is 2. The Kier molecular flexibility index (Phi) is 45.4. The number of nitrogens with two attached hydrogens (primary N) is 1. The number of thioether (sulfide) groups is 2. The maximum absolute atomic E-state index is 15.5. The van der Waals surface area contributed by atoms with Gasteiger partial charge in [-0.2, -0.15) is 23.5 Å². The van der Waals surface area contributed by atoms with Crippen molar-refractivity contribution in [3.63, 3.8) is 0 Å². The summed E-state index contributed by atoms with van der Waals surface area (Å²) in [6.45, 7) is 7.21. The van der Waals surface area contributed by atoms with Gasteiger partial charge < -0.3 is 125 Å². The summed E-state index contributed by atoms with van der Waals surface area (Å²) in [7, 11) is 0. The van der Waals surface area contributed by atoms with Crippen molar-refractivity contribution in [2.45, 2.75) is 201 Å². The van der Waals surface area contributed by atoms with Crippen LogP contribution in [0.3, 0.4) is 0 Å². The van der Waals surface area contributed by atoms with Gasteiger partial charge in [0.15, 0.2) is 0 Å². The van der Waals surface area contributed by atoms with E-state index in [1.807, 2.05) is 4.90 Å². The number of fused-ring (bicyclic) bond motifs is 5. The van der Waals surface area contributed by atoms with E-state index in [1.54, 1.807) is 126 Å². The van der Waals surface area contributed by atoms with Crippen LogP contribution in [0.1, 0.15) is 114 Å². The second-order valence-corrected chi connectivity index (χ2v) is 40.8. The van der Waals surface area contributed by atoms with Gasteiger partial charge >= 0.3 is 29.8 Å². The average Bonchev–Trinajstić information content (AvgIpc) is 1.66. The number of rotatable bonds is 33. The van der Waals surface area contributed by atoms with E-state index < -0.39 is 223 Å². The maximum atomic E-state index is 15.5. The van der Waals surface area contributed by atoms with Gasteiger partial charge in [0.1, 0.15) is 78.3 Å². The van der Waals surface area contributed by atoms with Gasteiger partial charge in [0.25, 0.3) is 0 Å². The average molecular weight is 2130 g/mol. The summed E-state index contributed by atoms with van der Waals surface area (Å²) in [4.78, 5) is 283. The first-order valence-electron chi connectivity index (χ1n) is 49.8. The van der Waals surface area contributed by atoms with Crippen molar-refractivity contribution < 1.29 is 132 Å². The molecule has 0 unspecified atom stereocenters. The Hall–Kier alpha value is -13.9. The minimum atomic E-state index is -2.05. The number of H-pyrrole nitrogens is 2. The fraction of sp³-hybridized carbons (Fsp3) is 0.530. The van der Waals surface area contributed by atoms with E-state index in [0.717, 1.165) is 35.3 Å². The molecule has 2 bridgehead atoms. The number of nitrogens with zero attached hydrogens (tertiary/aromatic N) is 6. The highest BCUT2D eigenvalue weighted by Gasteiger charge is 2.44. The lowest BCUT2D eigenvalue weighted by molar-refractivity contribution is -0.145. The molecule has 4 aliphatic heterocycles. The third kappa shape index (κ3) is 37.1. The number of primary amides is 1. The normalized spacial score (nSPS) is 22.6. The predicted molar refractivity (Wildman–Crippen MR) is 548 cm³/mol. The number of piperidine rings is 1. The van der Waals surface area contributed by atoms with E-state index in [4.69, 9.17) is 5.73 Å². The van der Waals surface area contributed by atoms with Crippen LogP contribution in [0.25, 0.3) is 21.8 Å². The number of carboxylic acids is 5. The number of para-hydroxylation sites is 2. The van der Waals surface area contributed by atoms with Crippen molar-refractivity contribution in [1.29, 1.82) is 0 Å². The molecule has 13 atom stereocenters. The molecule has 48 nitrogen and oxygen atoms in total. The van der Waals surface area contributed by atoms with Gasteiger partial charge in [-0.3, -0.25) is 116 Å². The molecule has 6 heterocycles. The predicted octanol–water partition coefficient (Wildman–Crippen LogP) is -3.16. The summed E-state index contributed by atoms with van der Waals surface area (Å²) in [5.41, 5.74) is 9.57. The quantitative estimate of drug-likeness (QED) is 0.0193. The van der Waals surface area contributed by atoms with Crippen LogP contribution in [0.4, 0.5) is 0 Å². The van der Waals surface area contributed by atoms with Crippen LogP contribution in [0.15, 0.2) is 109 Å². The summed E-state index contributed by atoms with van der Waals surface area (Å²) >= 11 is 2.21. The molecule has 150 heavy (non-hydrogen) atoms.